The fraction of sp³-hybridized carbons (Fsp3) is 0.545. The van der Waals surface area contributed by atoms with Crippen molar-refractivity contribution in [3.63, 3.8) is 0 Å². The van der Waals surface area contributed by atoms with Gasteiger partial charge in [0.15, 0.2) is 11.5 Å². The molecule has 5 heteroatoms. The Morgan fingerprint density at radius 3 is 2.69 bits per heavy atom. The monoisotopic (exact) mass is 226 g/mol. The summed E-state index contributed by atoms with van der Waals surface area (Å²) in [4.78, 5) is 4.25. The van der Waals surface area contributed by atoms with Gasteiger partial charge in [-0.05, 0) is 0 Å². The third-order valence-corrected chi connectivity index (χ3v) is 2.14. The van der Waals surface area contributed by atoms with Crippen molar-refractivity contribution in [2.45, 2.75) is 6.54 Å². The van der Waals surface area contributed by atoms with Crippen molar-refractivity contribution >= 4 is 0 Å². The van der Waals surface area contributed by atoms with E-state index in [0.717, 1.165) is 12.2 Å². The molecule has 1 aromatic heterocycles. The van der Waals surface area contributed by atoms with Gasteiger partial charge in [-0.25, -0.2) is 0 Å². The Kier molecular flexibility index (Phi) is 5.60. The molecule has 0 aliphatic carbocycles. The summed E-state index contributed by atoms with van der Waals surface area (Å²) in [7, 11) is 4.89. The summed E-state index contributed by atoms with van der Waals surface area (Å²) in [5, 5.41) is 3.21. The summed E-state index contributed by atoms with van der Waals surface area (Å²) < 4.78 is 15.4. The maximum Gasteiger partial charge on any atom is 0.183 e. The van der Waals surface area contributed by atoms with E-state index in [4.69, 9.17) is 14.2 Å². The van der Waals surface area contributed by atoms with Gasteiger partial charge in [0, 0.05) is 32.5 Å². The minimum atomic E-state index is 0.629. The van der Waals surface area contributed by atoms with Crippen LogP contribution in [-0.2, 0) is 11.3 Å². The molecular formula is C11H18N2O3. The highest BCUT2D eigenvalue weighted by molar-refractivity contribution is 5.42. The molecule has 0 aliphatic heterocycles. The molecule has 1 aromatic rings. The first-order valence-corrected chi connectivity index (χ1v) is 5.09. The van der Waals surface area contributed by atoms with Gasteiger partial charge in [-0.15, -0.1) is 0 Å². The predicted molar refractivity (Wildman–Crippen MR) is 60.9 cm³/mol. The maximum atomic E-state index is 5.27. The summed E-state index contributed by atoms with van der Waals surface area (Å²) in [6.07, 6.45) is 1.70. The minimum Gasteiger partial charge on any atom is -0.493 e. The molecule has 16 heavy (non-hydrogen) atoms. The Hall–Kier alpha value is -1.33. The molecule has 0 saturated carbocycles. The van der Waals surface area contributed by atoms with E-state index in [-0.39, 0.29) is 0 Å². The van der Waals surface area contributed by atoms with E-state index in [0.29, 0.717) is 24.7 Å². The van der Waals surface area contributed by atoms with Gasteiger partial charge in [-0.2, -0.15) is 0 Å². The molecule has 0 spiro atoms. The quantitative estimate of drug-likeness (QED) is 0.698. The number of nitrogens with one attached hydrogen (secondary N) is 1. The second kappa shape index (κ2) is 7.03. The first kappa shape index (κ1) is 12.7. The van der Waals surface area contributed by atoms with Crippen LogP contribution in [0.25, 0.3) is 0 Å². The van der Waals surface area contributed by atoms with Gasteiger partial charge >= 0.3 is 0 Å². The Morgan fingerprint density at radius 1 is 1.25 bits per heavy atom. The number of aromatic nitrogens is 1. The number of rotatable bonds is 7. The fourth-order valence-electron chi connectivity index (χ4n) is 1.36. The highest BCUT2D eigenvalue weighted by Gasteiger charge is 2.09. The highest BCUT2D eigenvalue weighted by Crippen LogP contribution is 2.28. The molecular weight excluding hydrogens is 208 g/mol. The Labute approximate surface area is 95.7 Å². The first-order valence-electron chi connectivity index (χ1n) is 5.09. The number of methoxy groups -OCH3 is 3. The van der Waals surface area contributed by atoms with Crippen molar-refractivity contribution in [3.05, 3.63) is 18.0 Å². The first-order chi connectivity index (χ1) is 7.83. The number of hydrogen-bond donors (Lipinski definition) is 1. The summed E-state index contributed by atoms with van der Waals surface area (Å²) in [6, 6.07) is 1.78. The molecule has 0 bridgehead atoms. The Morgan fingerprint density at radius 2 is 2.06 bits per heavy atom. The molecule has 0 aliphatic rings. The van der Waals surface area contributed by atoms with Crippen molar-refractivity contribution in [1.82, 2.24) is 10.3 Å². The van der Waals surface area contributed by atoms with Gasteiger partial charge in [0.2, 0.25) is 0 Å². The maximum absolute atomic E-state index is 5.27. The lowest BCUT2D eigenvalue weighted by Gasteiger charge is -2.11. The normalized spacial score (nSPS) is 10.2. The van der Waals surface area contributed by atoms with E-state index >= 15 is 0 Å². The van der Waals surface area contributed by atoms with E-state index in [9.17, 15) is 0 Å². The lowest BCUT2D eigenvalue weighted by molar-refractivity contribution is 0.199. The lowest BCUT2D eigenvalue weighted by atomic mass is 10.3. The zero-order valence-corrected chi connectivity index (χ0v) is 9.95. The third kappa shape index (κ3) is 3.36. The minimum absolute atomic E-state index is 0.629. The molecule has 0 atom stereocenters. The van der Waals surface area contributed by atoms with Crippen LogP contribution in [0.3, 0.4) is 0 Å². The summed E-state index contributed by atoms with van der Waals surface area (Å²) >= 11 is 0. The van der Waals surface area contributed by atoms with Crippen LogP contribution in [-0.4, -0.2) is 39.5 Å². The average Bonchev–Trinajstić information content (AvgIpc) is 2.34. The molecule has 0 saturated heterocycles. The molecule has 1 heterocycles. The van der Waals surface area contributed by atoms with Crippen LogP contribution in [0.15, 0.2) is 12.3 Å². The standard InChI is InChI=1S/C11H18N2O3/c1-14-7-6-12-8-9-11(16-3)10(15-2)4-5-13-9/h4-5,12H,6-8H2,1-3H3. The second-order valence-corrected chi connectivity index (χ2v) is 3.16. The molecule has 0 fully saturated rings. The van der Waals surface area contributed by atoms with Crippen molar-refractivity contribution in [3.8, 4) is 11.5 Å². The predicted octanol–water partition coefficient (Wildman–Crippen LogP) is 0.835. The van der Waals surface area contributed by atoms with Gasteiger partial charge < -0.3 is 19.5 Å². The molecule has 0 unspecified atom stereocenters. The summed E-state index contributed by atoms with van der Waals surface area (Å²) in [5.41, 5.74) is 0.831. The van der Waals surface area contributed by atoms with E-state index in [2.05, 4.69) is 10.3 Å². The Bertz CT molecular complexity index is 318. The molecule has 0 radical (unpaired) electrons. The molecule has 1 rings (SSSR count). The molecule has 5 nitrogen and oxygen atoms in total. The van der Waals surface area contributed by atoms with Crippen molar-refractivity contribution in [2.24, 2.45) is 0 Å². The van der Waals surface area contributed by atoms with E-state index in [1.54, 1.807) is 33.6 Å². The summed E-state index contributed by atoms with van der Waals surface area (Å²) in [5.74, 6) is 1.37. The highest BCUT2D eigenvalue weighted by atomic mass is 16.5. The number of nitrogens with zero attached hydrogens (tertiary/aromatic N) is 1. The van der Waals surface area contributed by atoms with E-state index in [1.807, 2.05) is 0 Å². The van der Waals surface area contributed by atoms with E-state index in [1.165, 1.54) is 0 Å². The van der Waals surface area contributed by atoms with Gasteiger partial charge in [0.05, 0.1) is 26.5 Å². The molecule has 0 amide bonds. The largest absolute Gasteiger partial charge is 0.493 e. The van der Waals surface area contributed by atoms with Crippen LogP contribution in [0.1, 0.15) is 5.69 Å². The van der Waals surface area contributed by atoms with Crippen LogP contribution in [0.2, 0.25) is 0 Å². The Balaban J connectivity index is 2.63. The zero-order valence-electron chi connectivity index (χ0n) is 9.95. The number of hydrogen-bond acceptors (Lipinski definition) is 5. The third-order valence-electron chi connectivity index (χ3n) is 2.14. The van der Waals surface area contributed by atoms with Crippen LogP contribution in [0.5, 0.6) is 11.5 Å². The average molecular weight is 226 g/mol. The second-order valence-electron chi connectivity index (χ2n) is 3.16. The van der Waals surface area contributed by atoms with Crippen LogP contribution >= 0.6 is 0 Å². The van der Waals surface area contributed by atoms with Crippen molar-refractivity contribution < 1.29 is 14.2 Å². The molecule has 90 valence electrons. The van der Waals surface area contributed by atoms with Gasteiger partial charge in [-0.3, -0.25) is 4.98 Å². The molecule has 0 aromatic carbocycles. The zero-order chi connectivity index (χ0) is 11.8. The summed E-state index contributed by atoms with van der Waals surface area (Å²) in [6.45, 7) is 2.08. The lowest BCUT2D eigenvalue weighted by Crippen LogP contribution is -2.19. The van der Waals surface area contributed by atoms with Crippen LogP contribution in [0, 0.1) is 0 Å². The van der Waals surface area contributed by atoms with Gasteiger partial charge in [0.1, 0.15) is 0 Å². The van der Waals surface area contributed by atoms with Gasteiger partial charge in [-0.1, -0.05) is 0 Å². The van der Waals surface area contributed by atoms with Crippen molar-refractivity contribution in [2.75, 3.05) is 34.5 Å². The van der Waals surface area contributed by atoms with Crippen LogP contribution < -0.4 is 14.8 Å². The van der Waals surface area contributed by atoms with Gasteiger partial charge in [0.25, 0.3) is 0 Å². The molecule has 1 N–H and O–H groups in total. The smallest absolute Gasteiger partial charge is 0.183 e. The fourth-order valence-corrected chi connectivity index (χ4v) is 1.36. The number of pyridine rings is 1. The van der Waals surface area contributed by atoms with E-state index < -0.39 is 0 Å². The SMILES string of the molecule is COCCNCc1nccc(OC)c1OC. The topological polar surface area (TPSA) is 52.6 Å². The number of ether oxygens (including phenoxy) is 3. The van der Waals surface area contributed by atoms with Crippen molar-refractivity contribution in [1.29, 1.82) is 0 Å². The van der Waals surface area contributed by atoms with Crippen LogP contribution in [0.4, 0.5) is 0 Å².